The topological polar surface area (TPSA) is 80.5 Å². The molecule has 0 bridgehead atoms. The van der Waals surface area contributed by atoms with Crippen LogP contribution in [0.15, 0.2) is 23.2 Å². The molecule has 0 spiro atoms. The number of nitrogens with one attached hydrogen (secondary N) is 2. The highest BCUT2D eigenvalue weighted by Crippen LogP contribution is 2.20. The number of guanidine groups is 1. The maximum absolute atomic E-state index is 13.9. The lowest BCUT2D eigenvalue weighted by molar-refractivity contribution is -0.121. The summed E-state index contributed by atoms with van der Waals surface area (Å²) in [7, 11) is 1.66. The standard InChI is InChI=1S/C19H26FN5O.HI/c1-3-23-19(24-13-16-10-15(12-21)4-5-17(16)20)25-8-6-14(7-9-25)11-18(26)22-2;/h4-5,10,14H,3,6-9,11,13H2,1-2H3,(H,22,26)(H,23,24);1H. The third kappa shape index (κ3) is 6.97. The highest BCUT2D eigenvalue weighted by molar-refractivity contribution is 14.0. The Hall–Kier alpha value is -1.89. The van der Waals surface area contributed by atoms with Crippen LogP contribution in [0.5, 0.6) is 0 Å². The summed E-state index contributed by atoms with van der Waals surface area (Å²) >= 11 is 0. The van der Waals surface area contributed by atoms with Gasteiger partial charge in [0.05, 0.1) is 18.2 Å². The molecule has 8 heteroatoms. The molecule has 0 aromatic heterocycles. The molecule has 1 saturated heterocycles. The van der Waals surface area contributed by atoms with E-state index >= 15 is 0 Å². The van der Waals surface area contributed by atoms with E-state index in [-0.39, 0.29) is 42.2 Å². The molecule has 6 nitrogen and oxygen atoms in total. The average Bonchev–Trinajstić information content (AvgIpc) is 2.67. The minimum Gasteiger partial charge on any atom is -0.359 e. The summed E-state index contributed by atoms with van der Waals surface area (Å²) < 4.78 is 13.9. The molecule has 1 aliphatic heterocycles. The normalized spacial score (nSPS) is 14.9. The van der Waals surface area contributed by atoms with E-state index in [2.05, 4.69) is 20.5 Å². The van der Waals surface area contributed by atoms with Gasteiger partial charge in [-0.2, -0.15) is 5.26 Å². The van der Waals surface area contributed by atoms with Gasteiger partial charge in [-0.25, -0.2) is 9.38 Å². The van der Waals surface area contributed by atoms with E-state index in [0.717, 1.165) is 38.4 Å². The molecule has 1 fully saturated rings. The van der Waals surface area contributed by atoms with Gasteiger partial charge in [0, 0.05) is 38.7 Å². The molecule has 2 N–H and O–H groups in total. The predicted octanol–water partition coefficient (Wildman–Crippen LogP) is 2.63. The van der Waals surface area contributed by atoms with Crippen LogP contribution in [0, 0.1) is 23.1 Å². The highest BCUT2D eigenvalue weighted by atomic mass is 127. The number of hydrogen-bond donors (Lipinski definition) is 2. The zero-order valence-corrected chi connectivity index (χ0v) is 18.1. The lowest BCUT2D eigenvalue weighted by Gasteiger charge is -2.34. The number of benzene rings is 1. The van der Waals surface area contributed by atoms with Gasteiger partial charge in [0.15, 0.2) is 5.96 Å². The molecule has 2 rings (SSSR count). The summed E-state index contributed by atoms with van der Waals surface area (Å²) in [5.74, 6) is 0.858. The van der Waals surface area contributed by atoms with Crippen molar-refractivity contribution in [3.63, 3.8) is 0 Å². The smallest absolute Gasteiger partial charge is 0.220 e. The van der Waals surface area contributed by atoms with Gasteiger partial charge < -0.3 is 15.5 Å². The predicted molar refractivity (Wildman–Crippen MR) is 114 cm³/mol. The van der Waals surface area contributed by atoms with Crippen LogP contribution in [0.3, 0.4) is 0 Å². The Balaban J connectivity index is 0.00000364. The van der Waals surface area contributed by atoms with Crippen molar-refractivity contribution in [3.05, 3.63) is 35.1 Å². The number of rotatable bonds is 5. The molecule has 0 saturated carbocycles. The second-order valence-electron chi connectivity index (χ2n) is 6.40. The molecule has 0 radical (unpaired) electrons. The summed E-state index contributed by atoms with van der Waals surface area (Å²) in [4.78, 5) is 18.2. The molecule has 1 amide bonds. The van der Waals surface area contributed by atoms with Gasteiger partial charge in [0.25, 0.3) is 0 Å². The Morgan fingerprint density at radius 1 is 1.41 bits per heavy atom. The van der Waals surface area contributed by atoms with E-state index in [9.17, 15) is 9.18 Å². The number of nitriles is 1. The van der Waals surface area contributed by atoms with Crippen molar-refractivity contribution in [1.82, 2.24) is 15.5 Å². The monoisotopic (exact) mass is 487 g/mol. The average molecular weight is 487 g/mol. The minimum absolute atomic E-state index is 0. The van der Waals surface area contributed by atoms with E-state index < -0.39 is 0 Å². The largest absolute Gasteiger partial charge is 0.359 e. The van der Waals surface area contributed by atoms with Gasteiger partial charge in [-0.3, -0.25) is 4.79 Å². The summed E-state index contributed by atoms with van der Waals surface area (Å²) in [6, 6.07) is 6.33. The molecule has 1 aromatic carbocycles. The zero-order chi connectivity index (χ0) is 18.9. The molecule has 0 unspecified atom stereocenters. The van der Waals surface area contributed by atoms with Gasteiger partial charge in [0.1, 0.15) is 5.82 Å². The van der Waals surface area contributed by atoms with Crippen molar-refractivity contribution in [2.24, 2.45) is 10.9 Å². The van der Waals surface area contributed by atoms with E-state index in [0.29, 0.717) is 23.5 Å². The molecule has 0 aliphatic carbocycles. The zero-order valence-electron chi connectivity index (χ0n) is 15.8. The first-order chi connectivity index (χ1) is 12.6. The Labute approximate surface area is 177 Å². The van der Waals surface area contributed by atoms with Crippen molar-refractivity contribution in [1.29, 1.82) is 5.26 Å². The summed E-state index contributed by atoms with van der Waals surface area (Å²) in [5, 5.41) is 14.9. The molecule has 1 heterocycles. The number of aliphatic imine (C=N–C) groups is 1. The number of likely N-dealkylation sites (tertiary alicyclic amines) is 1. The fraction of sp³-hybridized carbons (Fsp3) is 0.526. The lowest BCUT2D eigenvalue weighted by atomic mass is 9.93. The molecular weight excluding hydrogens is 460 g/mol. The number of piperidine rings is 1. The third-order valence-electron chi connectivity index (χ3n) is 4.58. The third-order valence-corrected chi connectivity index (χ3v) is 4.58. The fourth-order valence-electron chi connectivity index (χ4n) is 3.06. The van der Waals surface area contributed by atoms with Gasteiger partial charge in [0.2, 0.25) is 5.91 Å². The van der Waals surface area contributed by atoms with E-state index in [1.165, 1.54) is 18.2 Å². The van der Waals surface area contributed by atoms with E-state index in [1.54, 1.807) is 7.05 Å². The summed E-state index contributed by atoms with van der Waals surface area (Å²) in [6.45, 7) is 4.52. The van der Waals surface area contributed by atoms with Crippen LogP contribution in [0.4, 0.5) is 4.39 Å². The number of nitrogens with zero attached hydrogens (tertiary/aromatic N) is 3. The molecule has 1 aliphatic rings. The number of hydrogen-bond acceptors (Lipinski definition) is 3. The second kappa shape index (κ2) is 11.7. The Bertz CT molecular complexity index is 696. The van der Waals surface area contributed by atoms with Gasteiger partial charge in [-0.15, -0.1) is 24.0 Å². The fourth-order valence-corrected chi connectivity index (χ4v) is 3.06. The number of halogens is 2. The SMILES string of the molecule is CCNC(=NCc1cc(C#N)ccc1F)N1CCC(CC(=O)NC)CC1.I. The molecular formula is C19H27FIN5O. The van der Waals surface area contributed by atoms with E-state index in [4.69, 9.17) is 5.26 Å². The molecule has 27 heavy (non-hydrogen) atoms. The van der Waals surface area contributed by atoms with Crippen LogP contribution in [-0.4, -0.2) is 43.4 Å². The van der Waals surface area contributed by atoms with Crippen LogP contribution in [-0.2, 0) is 11.3 Å². The molecule has 1 aromatic rings. The summed E-state index contributed by atoms with van der Waals surface area (Å²) in [6.07, 6.45) is 2.41. The molecule has 148 valence electrons. The maximum Gasteiger partial charge on any atom is 0.220 e. The van der Waals surface area contributed by atoms with Crippen LogP contribution < -0.4 is 10.6 Å². The maximum atomic E-state index is 13.9. The Morgan fingerprint density at radius 2 is 2.11 bits per heavy atom. The minimum atomic E-state index is -0.354. The molecule has 0 atom stereocenters. The number of amides is 1. The second-order valence-corrected chi connectivity index (χ2v) is 6.40. The first kappa shape index (κ1) is 23.1. The quantitative estimate of drug-likeness (QED) is 0.380. The Kier molecular flexibility index (Phi) is 10.1. The van der Waals surface area contributed by atoms with Crippen molar-refractivity contribution >= 4 is 35.8 Å². The summed E-state index contributed by atoms with van der Waals surface area (Å²) in [5.41, 5.74) is 0.838. The number of carbonyl (C=O) groups is 1. The number of carbonyl (C=O) groups excluding carboxylic acids is 1. The van der Waals surface area contributed by atoms with Gasteiger partial charge in [-0.05, 0) is 43.9 Å². The van der Waals surface area contributed by atoms with Crippen LogP contribution in [0.2, 0.25) is 0 Å². The lowest BCUT2D eigenvalue weighted by Crippen LogP contribution is -2.46. The van der Waals surface area contributed by atoms with Crippen LogP contribution >= 0.6 is 24.0 Å². The van der Waals surface area contributed by atoms with Gasteiger partial charge in [-0.1, -0.05) is 0 Å². The van der Waals surface area contributed by atoms with Crippen LogP contribution in [0.1, 0.15) is 37.3 Å². The van der Waals surface area contributed by atoms with Gasteiger partial charge >= 0.3 is 0 Å². The van der Waals surface area contributed by atoms with Crippen LogP contribution in [0.25, 0.3) is 0 Å². The Morgan fingerprint density at radius 3 is 2.70 bits per heavy atom. The first-order valence-electron chi connectivity index (χ1n) is 8.99. The van der Waals surface area contributed by atoms with Crippen molar-refractivity contribution in [2.45, 2.75) is 32.7 Å². The van der Waals surface area contributed by atoms with Crippen molar-refractivity contribution in [2.75, 3.05) is 26.7 Å². The first-order valence-corrected chi connectivity index (χ1v) is 8.99. The van der Waals surface area contributed by atoms with E-state index in [1.807, 2.05) is 13.0 Å². The van der Waals surface area contributed by atoms with Crippen molar-refractivity contribution in [3.8, 4) is 6.07 Å². The van der Waals surface area contributed by atoms with Crippen molar-refractivity contribution < 1.29 is 9.18 Å². The highest BCUT2D eigenvalue weighted by Gasteiger charge is 2.23.